The van der Waals surface area contributed by atoms with Gasteiger partial charge in [-0.1, -0.05) is 5.16 Å². The first-order valence-electron chi connectivity index (χ1n) is 5.07. The minimum Gasteiger partial charge on any atom is -0.333 e. The number of rotatable bonds is 2. The number of anilines is 1. The number of hydrogen-bond acceptors (Lipinski definition) is 5. The Bertz CT molecular complexity index is 458. The highest BCUT2D eigenvalue weighted by Gasteiger charge is 2.14. The standard InChI is InChI=1S/C11H14N4O/c1-11(2,3)14-10-13-9(15-16-10)8-4-6-12-7-5-8/h4-7H,1-3H3,(H,13,14,15). The van der Waals surface area contributed by atoms with Crippen LogP contribution in [0, 0.1) is 0 Å². The van der Waals surface area contributed by atoms with E-state index in [1.54, 1.807) is 12.4 Å². The summed E-state index contributed by atoms with van der Waals surface area (Å²) in [6.07, 6.45) is 3.39. The zero-order chi connectivity index (χ0) is 11.6. The second kappa shape index (κ2) is 3.92. The van der Waals surface area contributed by atoms with Gasteiger partial charge in [-0.2, -0.15) is 4.98 Å². The van der Waals surface area contributed by atoms with E-state index in [1.165, 1.54) is 0 Å². The predicted molar refractivity (Wildman–Crippen MR) is 60.9 cm³/mol. The summed E-state index contributed by atoms with van der Waals surface area (Å²) < 4.78 is 5.10. The fourth-order valence-electron chi connectivity index (χ4n) is 1.21. The molecule has 5 heteroatoms. The maximum Gasteiger partial charge on any atom is 0.322 e. The molecule has 84 valence electrons. The molecule has 1 N–H and O–H groups in total. The largest absolute Gasteiger partial charge is 0.333 e. The van der Waals surface area contributed by atoms with Gasteiger partial charge in [0.2, 0.25) is 5.82 Å². The summed E-state index contributed by atoms with van der Waals surface area (Å²) in [6.45, 7) is 6.09. The van der Waals surface area contributed by atoms with Crippen molar-refractivity contribution in [1.82, 2.24) is 15.1 Å². The van der Waals surface area contributed by atoms with Gasteiger partial charge >= 0.3 is 6.01 Å². The van der Waals surface area contributed by atoms with Crippen LogP contribution in [0.15, 0.2) is 29.0 Å². The van der Waals surface area contributed by atoms with E-state index in [0.29, 0.717) is 11.8 Å². The molecule has 2 aromatic rings. The summed E-state index contributed by atoms with van der Waals surface area (Å²) in [5.74, 6) is 0.564. The third-order valence-electron chi connectivity index (χ3n) is 1.85. The highest BCUT2D eigenvalue weighted by Crippen LogP contribution is 2.18. The van der Waals surface area contributed by atoms with Gasteiger partial charge in [0.05, 0.1) is 0 Å². The van der Waals surface area contributed by atoms with Crippen molar-refractivity contribution >= 4 is 6.01 Å². The lowest BCUT2D eigenvalue weighted by Gasteiger charge is -2.17. The van der Waals surface area contributed by atoms with Crippen LogP contribution in [0.1, 0.15) is 20.8 Å². The molecule has 0 aromatic carbocycles. The Morgan fingerprint density at radius 2 is 1.88 bits per heavy atom. The van der Waals surface area contributed by atoms with Crippen molar-refractivity contribution in [2.45, 2.75) is 26.3 Å². The average molecular weight is 218 g/mol. The van der Waals surface area contributed by atoms with E-state index in [0.717, 1.165) is 5.56 Å². The first-order chi connectivity index (χ1) is 7.54. The van der Waals surface area contributed by atoms with Crippen molar-refractivity contribution < 1.29 is 4.52 Å². The first kappa shape index (κ1) is 10.6. The van der Waals surface area contributed by atoms with Crippen molar-refractivity contribution in [2.24, 2.45) is 0 Å². The van der Waals surface area contributed by atoms with Gasteiger partial charge in [-0.25, -0.2) is 0 Å². The molecule has 0 unspecified atom stereocenters. The van der Waals surface area contributed by atoms with E-state index in [2.05, 4.69) is 20.4 Å². The van der Waals surface area contributed by atoms with Crippen molar-refractivity contribution in [1.29, 1.82) is 0 Å². The van der Waals surface area contributed by atoms with Crippen LogP contribution < -0.4 is 5.32 Å². The molecular formula is C11H14N4O. The zero-order valence-corrected chi connectivity index (χ0v) is 9.56. The molecule has 2 rings (SSSR count). The van der Waals surface area contributed by atoms with E-state index in [-0.39, 0.29) is 5.54 Å². The summed E-state index contributed by atoms with van der Waals surface area (Å²) in [7, 11) is 0. The highest BCUT2D eigenvalue weighted by atomic mass is 16.5. The van der Waals surface area contributed by atoms with Crippen molar-refractivity contribution in [3.05, 3.63) is 24.5 Å². The Morgan fingerprint density at radius 3 is 2.50 bits per heavy atom. The van der Waals surface area contributed by atoms with Gasteiger partial charge < -0.3 is 9.84 Å². The van der Waals surface area contributed by atoms with E-state index in [1.807, 2.05) is 32.9 Å². The molecule has 0 fully saturated rings. The molecule has 0 spiro atoms. The molecule has 0 saturated carbocycles. The molecule has 0 atom stereocenters. The zero-order valence-electron chi connectivity index (χ0n) is 9.56. The van der Waals surface area contributed by atoms with Crippen LogP contribution in [0.25, 0.3) is 11.4 Å². The van der Waals surface area contributed by atoms with Crippen LogP contribution in [0.2, 0.25) is 0 Å². The SMILES string of the molecule is CC(C)(C)Nc1nc(-c2ccncc2)no1. The van der Waals surface area contributed by atoms with Gasteiger partial charge in [0.1, 0.15) is 0 Å². The van der Waals surface area contributed by atoms with Gasteiger partial charge in [-0.3, -0.25) is 4.98 Å². The predicted octanol–water partition coefficient (Wildman–Crippen LogP) is 2.34. The monoisotopic (exact) mass is 218 g/mol. The number of aromatic nitrogens is 3. The van der Waals surface area contributed by atoms with Gasteiger partial charge in [0.15, 0.2) is 0 Å². The van der Waals surface area contributed by atoms with Crippen LogP contribution in [0.3, 0.4) is 0 Å². The Morgan fingerprint density at radius 1 is 1.19 bits per heavy atom. The maximum absolute atomic E-state index is 5.10. The summed E-state index contributed by atoms with van der Waals surface area (Å²) in [4.78, 5) is 8.18. The Hall–Kier alpha value is -1.91. The summed E-state index contributed by atoms with van der Waals surface area (Å²) in [5.41, 5.74) is 0.794. The Labute approximate surface area is 93.9 Å². The van der Waals surface area contributed by atoms with Gasteiger partial charge in [0, 0.05) is 23.5 Å². The van der Waals surface area contributed by atoms with Crippen molar-refractivity contribution in [3.8, 4) is 11.4 Å². The second-order valence-corrected chi connectivity index (χ2v) is 4.53. The lowest BCUT2D eigenvalue weighted by Crippen LogP contribution is -2.26. The Balaban J connectivity index is 2.21. The summed E-state index contributed by atoms with van der Waals surface area (Å²) >= 11 is 0. The lowest BCUT2D eigenvalue weighted by atomic mass is 10.1. The molecule has 2 heterocycles. The van der Waals surface area contributed by atoms with E-state index in [9.17, 15) is 0 Å². The fourth-order valence-corrected chi connectivity index (χ4v) is 1.21. The number of nitrogens with one attached hydrogen (secondary N) is 1. The smallest absolute Gasteiger partial charge is 0.322 e. The molecule has 0 bridgehead atoms. The van der Waals surface area contributed by atoms with Gasteiger partial charge in [0.25, 0.3) is 0 Å². The Kier molecular flexibility index (Phi) is 2.60. The number of hydrogen-bond donors (Lipinski definition) is 1. The molecule has 16 heavy (non-hydrogen) atoms. The van der Waals surface area contributed by atoms with Crippen LogP contribution >= 0.6 is 0 Å². The van der Waals surface area contributed by atoms with E-state index >= 15 is 0 Å². The van der Waals surface area contributed by atoms with Crippen LogP contribution in [0.5, 0.6) is 0 Å². The summed E-state index contributed by atoms with van der Waals surface area (Å²) in [6, 6.07) is 4.11. The average Bonchev–Trinajstić information content (AvgIpc) is 2.65. The topological polar surface area (TPSA) is 63.8 Å². The fraction of sp³-hybridized carbons (Fsp3) is 0.364. The molecule has 0 aliphatic rings. The van der Waals surface area contributed by atoms with E-state index < -0.39 is 0 Å². The molecule has 0 aliphatic heterocycles. The molecule has 0 radical (unpaired) electrons. The van der Waals surface area contributed by atoms with Gasteiger partial charge in [-0.05, 0) is 32.9 Å². The molecule has 0 amide bonds. The third-order valence-corrected chi connectivity index (χ3v) is 1.85. The summed E-state index contributed by atoms with van der Waals surface area (Å²) in [5, 5.41) is 7.01. The normalized spacial score (nSPS) is 11.4. The van der Waals surface area contributed by atoms with Crippen molar-refractivity contribution in [3.63, 3.8) is 0 Å². The first-order valence-corrected chi connectivity index (χ1v) is 5.07. The molecular weight excluding hydrogens is 204 g/mol. The molecule has 2 aromatic heterocycles. The number of nitrogens with zero attached hydrogens (tertiary/aromatic N) is 3. The molecule has 0 saturated heterocycles. The number of pyridine rings is 1. The van der Waals surface area contributed by atoms with Crippen molar-refractivity contribution in [2.75, 3.05) is 5.32 Å². The minimum atomic E-state index is -0.0952. The van der Waals surface area contributed by atoms with Crippen LogP contribution in [-0.2, 0) is 0 Å². The van der Waals surface area contributed by atoms with Crippen LogP contribution in [-0.4, -0.2) is 20.7 Å². The maximum atomic E-state index is 5.10. The van der Waals surface area contributed by atoms with Crippen LogP contribution in [0.4, 0.5) is 6.01 Å². The second-order valence-electron chi connectivity index (χ2n) is 4.53. The highest BCUT2D eigenvalue weighted by molar-refractivity contribution is 5.54. The molecule has 5 nitrogen and oxygen atoms in total. The quantitative estimate of drug-likeness (QED) is 0.838. The van der Waals surface area contributed by atoms with Gasteiger partial charge in [-0.15, -0.1) is 0 Å². The van der Waals surface area contributed by atoms with E-state index in [4.69, 9.17) is 4.52 Å². The lowest BCUT2D eigenvalue weighted by molar-refractivity contribution is 0.420. The minimum absolute atomic E-state index is 0.0952. The molecule has 0 aliphatic carbocycles. The third kappa shape index (κ3) is 2.56.